The summed E-state index contributed by atoms with van der Waals surface area (Å²) < 4.78 is 23.0. The van der Waals surface area contributed by atoms with E-state index in [9.17, 15) is 30.3 Å². The van der Waals surface area contributed by atoms with Gasteiger partial charge in [0.2, 0.25) is 0 Å². The number of aliphatic hydroxyl groups excluding tert-OH is 5. The van der Waals surface area contributed by atoms with Gasteiger partial charge in [0, 0.05) is 25.0 Å². The summed E-state index contributed by atoms with van der Waals surface area (Å²) in [6, 6.07) is -2.72. The Morgan fingerprint density at radius 1 is 0.824 bits per heavy atom. The summed E-state index contributed by atoms with van der Waals surface area (Å²) in [4.78, 5) is 11.3. The third kappa shape index (κ3) is 5.75. The highest BCUT2D eigenvalue weighted by atomic mass is 16.7. The highest BCUT2D eigenvalue weighted by molar-refractivity contribution is 5.75. The van der Waals surface area contributed by atoms with Crippen LogP contribution in [0.1, 0.15) is 26.2 Å². The average molecular weight is 495 g/mol. The van der Waals surface area contributed by atoms with Crippen molar-refractivity contribution in [2.24, 2.45) is 22.9 Å². The molecule has 3 rings (SSSR count). The van der Waals surface area contributed by atoms with Gasteiger partial charge in [0.25, 0.3) is 0 Å². The van der Waals surface area contributed by atoms with Gasteiger partial charge in [-0.05, 0) is 19.8 Å². The lowest BCUT2D eigenvalue weighted by atomic mass is 9.84. The zero-order valence-corrected chi connectivity index (χ0v) is 19.0. The Hall–Kier alpha value is -0.850. The minimum atomic E-state index is -1.47. The topological polar surface area (TPSA) is 259 Å². The second-order valence-corrected chi connectivity index (χ2v) is 9.36. The quantitative estimate of drug-likeness (QED) is 0.153. The molecule has 2 saturated heterocycles. The molecule has 5 unspecified atom stereocenters. The summed E-state index contributed by atoms with van der Waals surface area (Å²) in [7, 11) is 0. The summed E-state index contributed by atoms with van der Waals surface area (Å²) in [5.41, 5.74) is 23.8. The van der Waals surface area contributed by atoms with Crippen molar-refractivity contribution in [1.82, 2.24) is 0 Å². The van der Waals surface area contributed by atoms with Crippen LogP contribution in [-0.2, 0) is 23.7 Å². The molecule has 14 heteroatoms. The number of hydrogen-bond donors (Lipinski definition) is 9. The fraction of sp³-hybridized carbons (Fsp3) is 0.950. The summed E-state index contributed by atoms with van der Waals surface area (Å²) in [6.45, 7) is 1.29. The Labute approximate surface area is 197 Å². The second kappa shape index (κ2) is 11.5. The molecule has 0 aromatic carbocycles. The molecule has 0 amide bonds. The Balaban J connectivity index is 1.75. The first kappa shape index (κ1) is 27.7. The number of rotatable bonds is 8. The van der Waals surface area contributed by atoms with E-state index >= 15 is 0 Å². The number of aliphatic hydroxyl groups is 5. The number of nitrogens with two attached hydrogens (primary N) is 4. The van der Waals surface area contributed by atoms with Gasteiger partial charge in [-0.1, -0.05) is 0 Å². The van der Waals surface area contributed by atoms with Crippen LogP contribution in [0, 0.1) is 0 Å². The van der Waals surface area contributed by atoms with Crippen molar-refractivity contribution in [3.8, 4) is 0 Å². The molecule has 1 saturated carbocycles. The maximum Gasteiger partial charge on any atom is 0.187 e. The van der Waals surface area contributed by atoms with Gasteiger partial charge >= 0.3 is 0 Å². The van der Waals surface area contributed by atoms with E-state index in [0.717, 1.165) is 0 Å². The molecule has 3 aliphatic rings. The predicted octanol–water partition coefficient (Wildman–Crippen LogP) is -5.28. The summed E-state index contributed by atoms with van der Waals surface area (Å²) >= 11 is 0. The van der Waals surface area contributed by atoms with Gasteiger partial charge in [-0.15, -0.1) is 0 Å². The van der Waals surface area contributed by atoms with Crippen LogP contribution in [0.3, 0.4) is 0 Å². The lowest BCUT2D eigenvalue weighted by molar-refractivity contribution is -0.306. The molecule has 34 heavy (non-hydrogen) atoms. The normalized spacial score (nSPS) is 49.8. The predicted molar refractivity (Wildman–Crippen MR) is 115 cm³/mol. The maximum atomic E-state index is 11.3. The zero-order valence-electron chi connectivity index (χ0n) is 19.0. The minimum absolute atomic E-state index is 0.102. The van der Waals surface area contributed by atoms with Crippen molar-refractivity contribution >= 4 is 5.78 Å². The molecule has 3 fully saturated rings. The maximum absolute atomic E-state index is 11.3. The standard InChI is InChI=1S/C20H38N4O10/c1-6(25)2-3-9-13(27)16(30)20(31-9)34-18-12(26)7(22)4-8(23)17(18)33-19-11(24)15(29)14(28)10(5-21)32-19/h7-20,26-30H,2-5,21-24H2,1H3/t7-,8?,9-,10?,11?,12?,13+,14-,15-,16?,17-,18-,19-,20+/m1/s1. The molecule has 2 heterocycles. The van der Waals surface area contributed by atoms with E-state index in [1.165, 1.54) is 6.92 Å². The van der Waals surface area contributed by atoms with E-state index in [-0.39, 0.29) is 31.6 Å². The van der Waals surface area contributed by atoms with Crippen LogP contribution in [0.25, 0.3) is 0 Å². The molecule has 14 nitrogen and oxygen atoms in total. The molecule has 198 valence electrons. The van der Waals surface area contributed by atoms with Crippen molar-refractivity contribution in [2.45, 2.75) is 112 Å². The third-order valence-corrected chi connectivity index (χ3v) is 6.73. The van der Waals surface area contributed by atoms with Gasteiger partial charge in [0.1, 0.15) is 48.5 Å². The van der Waals surface area contributed by atoms with E-state index in [1.807, 2.05) is 0 Å². The van der Waals surface area contributed by atoms with Gasteiger partial charge < -0.3 is 72.2 Å². The van der Waals surface area contributed by atoms with Crippen molar-refractivity contribution in [3.63, 3.8) is 0 Å². The fourth-order valence-corrected chi connectivity index (χ4v) is 4.60. The zero-order chi connectivity index (χ0) is 25.3. The first-order valence-corrected chi connectivity index (χ1v) is 11.4. The van der Waals surface area contributed by atoms with Gasteiger partial charge in [-0.3, -0.25) is 0 Å². The van der Waals surface area contributed by atoms with E-state index in [2.05, 4.69) is 0 Å². The number of carbonyl (C=O) groups is 1. The summed E-state index contributed by atoms with van der Waals surface area (Å²) in [5, 5.41) is 51.8. The van der Waals surface area contributed by atoms with Crippen LogP contribution < -0.4 is 22.9 Å². The first-order chi connectivity index (χ1) is 16.0. The fourth-order valence-electron chi connectivity index (χ4n) is 4.60. The Kier molecular flexibility index (Phi) is 9.36. The van der Waals surface area contributed by atoms with Gasteiger partial charge in [-0.25, -0.2) is 0 Å². The molecule has 0 spiro atoms. The lowest BCUT2D eigenvalue weighted by Crippen LogP contribution is -2.68. The molecule has 0 aromatic heterocycles. The number of hydrogen-bond acceptors (Lipinski definition) is 14. The SMILES string of the molecule is CC(=O)CC[C@H]1O[C@@H](O[C@@H]2C(O)[C@H](N)CC(N)[C@H]2O[C@H]2OC(CN)[C@@H](O)[C@H](O)C2N)C(O)[C@H]1O. The Morgan fingerprint density at radius 3 is 2.03 bits per heavy atom. The molecule has 1 aliphatic carbocycles. The molecular weight excluding hydrogens is 456 g/mol. The second-order valence-electron chi connectivity index (χ2n) is 9.36. The third-order valence-electron chi connectivity index (χ3n) is 6.73. The van der Waals surface area contributed by atoms with Gasteiger partial charge in [0.05, 0.1) is 18.2 Å². The minimum Gasteiger partial charge on any atom is -0.389 e. The van der Waals surface area contributed by atoms with Crippen LogP contribution in [0.5, 0.6) is 0 Å². The smallest absolute Gasteiger partial charge is 0.187 e. The van der Waals surface area contributed by atoms with E-state index in [1.54, 1.807) is 0 Å². The highest BCUT2D eigenvalue weighted by Crippen LogP contribution is 2.32. The summed E-state index contributed by atoms with van der Waals surface area (Å²) in [5.74, 6) is -0.102. The summed E-state index contributed by atoms with van der Waals surface area (Å²) in [6.07, 6.45) is -13.1. The number of Topliss-reactive ketones (excluding diaryl/α,β-unsaturated/α-hetero) is 1. The Bertz CT molecular complexity index is 690. The largest absolute Gasteiger partial charge is 0.389 e. The van der Waals surface area contributed by atoms with Crippen molar-refractivity contribution < 1.29 is 49.3 Å². The van der Waals surface area contributed by atoms with E-state index < -0.39 is 85.6 Å². The molecular formula is C20H38N4O10. The molecule has 14 atom stereocenters. The Morgan fingerprint density at radius 2 is 1.41 bits per heavy atom. The number of ether oxygens (including phenoxy) is 4. The lowest BCUT2D eigenvalue weighted by Gasteiger charge is -2.47. The number of ketones is 1. The van der Waals surface area contributed by atoms with Gasteiger partial charge in [-0.2, -0.15) is 0 Å². The van der Waals surface area contributed by atoms with Gasteiger partial charge in [0.15, 0.2) is 12.6 Å². The molecule has 0 aromatic rings. The molecule has 0 bridgehead atoms. The van der Waals surface area contributed by atoms with Crippen LogP contribution in [-0.4, -0.2) is 124 Å². The van der Waals surface area contributed by atoms with Crippen molar-refractivity contribution in [2.75, 3.05) is 6.54 Å². The van der Waals surface area contributed by atoms with Crippen LogP contribution in [0.4, 0.5) is 0 Å². The molecule has 0 radical (unpaired) electrons. The number of carbonyl (C=O) groups excluding carboxylic acids is 1. The van der Waals surface area contributed by atoms with Crippen molar-refractivity contribution in [3.05, 3.63) is 0 Å². The van der Waals surface area contributed by atoms with E-state index in [0.29, 0.717) is 0 Å². The van der Waals surface area contributed by atoms with E-state index in [4.69, 9.17) is 41.9 Å². The highest BCUT2D eigenvalue weighted by Gasteiger charge is 2.52. The monoisotopic (exact) mass is 494 g/mol. The van der Waals surface area contributed by atoms with Crippen LogP contribution >= 0.6 is 0 Å². The van der Waals surface area contributed by atoms with Crippen LogP contribution in [0.2, 0.25) is 0 Å². The average Bonchev–Trinajstić information content (AvgIpc) is 3.05. The van der Waals surface area contributed by atoms with Crippen LogP contribution in [0.15, 0.2) is 0 Å². The molecule has 13 N–H and O–H groups in total. The molecule has 2 aliphatic heterocycles. The van der Waals surface area contributed by atoms with Crippen molar-refractivity contribution in [1.29, 1.82) is 0 Å². The first-order valence-electron chi connectivity index (χ1n) is 11.4.